The molecule has 0 bridgehead atoms. The first-order chi connectivity index (χ1) is 20.9. The molecule has 7 heteroatoms. The van der Waals surface area contributed by atoms with Crippen molar-refractivity contribution in [3.05, 3.63) is 86.6 Å². The number of aliphatic hydroxyl groups is 1. The van der Waals surface area contributed by atoms with Crippen molar-refractivity contribution in [2.45, 2.75) is 112 Å². The molecule has 0 aliphatic rings. The Bertz CT molecular complexity index is 1170. The average molecular weight is 753 g/mol. The molecular formula is C38H61IO5Si. The van der Waals surface area contributed by atoms with Crippen LogP contribution in [0.4, 0.5) is 0 Å². The van der Waals surface area contributed by atoms with Gasteiger partial charge in [-0.3, -0.25) is 0 Å². The summed E-state index contributed by atoms with van der Waals surface area (Å²) in [6.45, 7) is 25.4. The Kier molecular flexibility index (Phi) is 18.5. The van der Waals surface area contributed by atoms with Crippen LogP contribution >= 0.6 is 22.6 Å². The number of halogens is 1. The maximum atomic E-state index is 10.8. The number of methoxy groups -OCH3 is 2. The van der Waals surface area contributed by atoms with Gasteiger partial charge in [-0.1, -0.05) is 116 Å². The Hall–Kier alpha value is -1.49. The van der Waals surface area contributed by atoms with Crippen LogP contribution in [0.2, 0.25) is 18.1 Å². The van der Waals surface area contributed by atoms with Crippen LogP contribution in [0.5, 0.6) is 5.75 Å². The highest BCUT2D eigenvalue weighted by Gasteiger charge is 2.39. The van der Waals surface area contributed by atoms with Gasteiger partial charge in [-0.25, -0.2) is 0 Å². The quantitative estimate of drug-likeness (QED) is 0.0532. The van der Waals surface area contributed by atoms with Gasteiger partial charge in [0.1, 0.15) is 5.75 Å². The molecule has 0 amide bonds. The largest absolute Gasteiger partial charge is 0.497 e. The Morgan fingerprint density at radius 3 is 2.13 bits per heavy atom. The number of benzene rings is 1. The van der Waals surface area contributed by atoms with Gasteiger partial charge in [-0.15, -0.1) is 0 Å². The number of allylic oxidation sites excluding steroid dienone is 4. The van der Waals surface area contributed by atoms with Crippen molar-refractivity contribution < 1.29 is 23.7 Å². The molecule has 254 valence electrons. The summed E-state index contributed by atoms with van der Waals surface area (Å²) in [5.41, 5.74) is 5.77. The van der Waals surface area contributed by atoms with Gasteiger partial charge in [-0.05, 0) is 79.6 Å². The molecule has 5 nitrogen and oxygen atoms in total. The Labute approximate surface area is 290 Å². The average Bonchev–Trinajstić information content (AvgIpc) is 2.97. The van der Waals surface area contributed by atoms with Gasteiger partial charge in [0.2, 0.25) is 0 Å². The van der Waals surface area contributed by atoms with Crippen LogP contribution in [0.25, 0.3) is 0 Å². The SMILES string of the molecule is COc1ccc(COCC/C(C)=C/[C@@H](O[Si](C)(C)C(C)(C)C)[C@@H](C)\C=C(C)/C=C(C)\C=C\[C@H](O)[C@H](C)[C@H](OC)/C(C)=C/I)cc1. The third-order valence-electron chi connectivity index (χ3n) is 8.70. The van der Waals surface area contributed by atoms with E-state index in [0.29, 0.717) is 13.2 Å². The molecule has 1 aromatic rings. The number of hydrogen-bond donors (Lipinski definition) is 1. The lowest BCUT2D eigenvalue weighted by molar-refractivity contribution is 0.0333. The van der Waals surface area contributed by atoms with Crippen molar-refractivity contribution in [2.75, 3.05) is 20.8 Å². The fraction of sp³-hybridized carbons (Fsp3) is 0.579. The fourth-order valence-electron chi connectivity index (χ4n) is 4.77. The number of ether oxygens (including phenoxy) is 3. The number of aliphatic hydroxyl groups excluding tert-OH is 1. The van der Waals surface area contributed by atoms with E-state index in [1.54, 1.807) is 14.2 Å². The topological polar surface area (TPSA) is 57.2 Å². The van der Waals surface area contributed by atoms with Gasteiger partial charge >= 0.3 is 0 Å². The van der Waals surface area contributed by atoms with Crippen molar-refractivity contribution in [2.24, 2.45) is 11.8 Å². The molecule has 45 heavy (non-hydrogen) atoms. The van der Waals surface area contributed by atoms with Crippen molar-refractivity contribution >= 4 is 30.9 Å². The van der Waals surface area contributed by atoms with E-state index in [0.717, 1.165) is 28.9 Å². The summed E-state index contributed by atoms with van der Waals surface area (Å²) < 4.78 is 25.9. The molecule has 0 unspecified atom stereocenters. The zero-order valence-electron chi connectivity index (χ0n) is 30.2. The highest BCUT2D eigenvalue weighted by molar-refractivity contribution is 14.1. The highest BCUT2D eigenvalue weighted by Crippen LogP contribution is 2.38. The molecule has 0 saturated heterocycles. The standard InChI is InChI=1S/C38H61IO5Si/c1-27(14-19-35(40)32(6)37(42-11)31(5)25-39)22-29(3)23-30(4)36(44-45(12,13)38(7,8)9)24-28(2)20-21-43-26-33-15-17-34(41-10)18-16-33/h14-19,22-25,30,32,35-37,40H,20-21,26H2,1-13H3/b19-14+,27-22-,28-24+,29-23-,31-25+/t30-,32-,35-,36+,37+/m0/s1. The Morgan fingerprint density at radius 1 is 0.978 bits per heavy atom. The summed E-state index contributed by atoms with van der Waals surface area (Å²) in [5, 5.41) is 10.9. The summed E-state index contributed by atoms with van der Waals surface area (Å²) in [4.78, 5) is 0. The lowest BCUT2D eigenvalue weighted by Gasteiger charge is -2.40. The Balaban J connectivity index is 3.03. The van der Waals surface area contributed by atoms with Crippen molar-refractivity contribution in [3.63, 3.8) is 0 Å². The van der Waals surface area contributed by atoms with Crippen molar-refractivity contribution in [1.29, 1.82) is 0 Å². The summed E-state index contributed by atoms with van der Waals surface area (Å²) in [7, 11) is 1.35. The van der Waals surface area contributed by atoms with Gasteiger partial charge in [0, 0.05) is 18.9 Å². The first-order valence-electron chi connectivity index (χ1n) is 16.0. The summed E-state index contributed by atoms with van der Waals surface area (Å²) >= 11 is 2.22. The minimum Gasteiger partial charge on any atom is -0.497 e. The molecule has 1 aromatic carbocycles. The van der Waals surface area contributed by atoms with Crippen LogP contribution in [0, 0.1) is 11.8 Å². The molecule has 0 heterocycles. The van der Waals surface area contributed by atoms with Crippen LogP contribution in [0.3, 0.4) is 0 Å². The first kappa shape index (κ1) is 41.5. The van der Waals surface area contributed by atoms with Crippen LogP contribution in [0.1, 0.15) is 74.3 Å². The smallest absolute Gasteiger partial charge is 0.192 e. The van der Waals surface area contributed by atoms with E-state index in [2.05, 4.69) is 102 Å². The van der Waals surface area contributed by atoms with Crippen LogP contribution in [-0.4, -0.2) is 52.6 Å². The fourth-order valence-corrected chi connectivity index (χ4v) is 6.44. The van der Waals surface area contributed by atoms with Gasteiger partial charge in [0.15, 0.2) is 8.32 Å². The third kappa shape index (κ3) is 14.9. The van der Waals surface area contributed by atoms with Gasteiger partial charge < -0.3 is 23.7 Å². The molecule has 1 rings (SSSR count). The number of hydrogen-bond acceptors (Lipinski definition) is 5. The summed E-state index contributed by atoms with van der Waals surface area (Å²) in [5.74, 6) is 0.974. The minimum absolute atomic E-state index is 0.0328. The van der Waals surface area contributed by atoms with E-state index >= 15 is 0 Å². The van der Waals surface area contributed by atoms with E-state index in [9.17, 15) is 5.11 Å². The summed E-state index contributed by atoms with van der Waals surface area (Å²) in [6.07, 6.45) is 10.7. The second kappa shape index (κ2) is 20.0. The molecule has 0 fully saturated rings. The predicted molar refractivity (Wildman–Crippen MR) is 203 cm³/mol. The van der Waals surface area contributed by atoms with Crippen LogP contribution < -0.4 is 4.74 Å². The predicted octanol–water partition coefficient (Wildman–Crippen LogP) is 10.4. The minimum atomic E-state index is -2.01. The molecule has 0 aliphatic carbocycles. The molecule has 0 aromatic heterocycles. The maximum absolute atomic E-state index is 10.8. The molecule has 5 atom stereocenters. The maximum Gasteiger partial charge on any atom is 0.192 e. The van der Waals surface area contributed by atoms with E-state index in [1.807, 2.05) is 54.3 Å². The van der Waals surface area contributed by atoms with Crippen LogP contribution in [-0.2, 0) is 20.5 Å². The third-order valence-corrected chi connectivity index (χ3v) is 14.2. The molecule has 1 N–H and O–H groups in total. The monoisotopic (exact) mass is 752 g/mol. The zero-order valence-corrected chi connectivity index (χ0v) is 33.4. The van der Waals surface area contributed by atoms with Gasteiger partial charge in [0.25, 0.3) is 0 Å². The van der Waals surface area contributed by atoms with Crippen molar-refractivity contribution in [1.82, 2.24) is 0 Å². The second-order valence-electron chi connectivity index (χ2n) is 13.9. The molecular weight excluding hydrogens is 691 g/mol. The summed E-state index contributed by atoms with van der Waals surface area (Å²) in [6, 6.07) is 8.00. The Morgan fingerprint density at radius 2 is 1.60 bits per heavy atom. The lowest BCUT2D eigenvalue weighted by Crippen LogP contribution is -2.45. The highest BCUT2D eigenvalue weighted by atomic mass is 127. The van der Waals surface area contributed by atoms with E-state index in [4.69, 9.17) is 18.6 Å². The molecule has 0 aliphatic heterocycles. The molecule has 0 saturated carbocycles. The van der Waals surface area contributed by atoms with Gasteiger partial charge in [0.05, 0.1) is 38.6 Å². The number of rotatable bonds is 18. The van der Waals surface area contributed by atoms with Crippen LogP contribution in [0.15, 0.2) is 81.0 Å². The van der Waals surface area contributed by atoms with E-state index < -0.39 is 14.4 Å². The second-order valence-corrected chi connectivity index (χ2v) is 19.3. The first-order valence-corrected chi connectivity index (χ1v) is 20.2. The lowest BCUT2D eigenvalue weighted by atomic mass is 9.93. The molecule has 0 radical (unpaired) electrons. The normalized spacial score (nSPS) is 17.8. The van der Waals surface area contributed by atoms with Crippen molar-refractivity contribution in [3.8, 4) is 5.75 Å². The van der Waals surface area contributed by atoms with E-state index in [-0.39, 0.29) is 29.1 Å². The molecule has 0 spiro atoms. The zero-order chi connectivity index (χ0) is 34.4. The van der Waals surface area contributed by atoms with E-state index in [1.165, 1.54) is 11.1 Å². The van der Waals surface area contributed by atoms with Gasteiger partial charge in [-0.2, -0.15) is 0 Å².